The van der Waals surface area contributed by atoms with Crippen molar-refractivity contribution in [2.24, 2.45) is 5.92 Å². The molecule has 21 heavy (non-hydrogen) atoms. The average Bonchev–Trinajstić information content (AvgIpc) is 2.42. The first kappa shape index (κ1) is 16.7. The molecule has 1 fully saturated rings. The van der Waals surface area contributed by atoms with Crippen LogP contribution in [0.1, 0.15) is 38.3 Å². The van der Waals surface area contributed by atoms with Crippen molar-refractivity contribution in [2.45, 2.75) is 32.7 Å². The molecule has 5 heteroatoms. The Morgan fingerprint density at radius 1 is 1.14 bits per heavy atom. The van der Waals surface area contributed by atoms with Crippen LogP contribution in [-0.4, -0.2) is 31.1 Å². The first-order valence-corrected chi connectivity index (χ1v) is 7.96. The molecular weight excluding hydrogens is 294 g/mol. The SMILES string of the molecule is CC(C)CC[C@@H](c1c(F)cc(Cl)cc1F)N1CCNCC1. The van der Waals surface area contributed by atoms with Gasteiger partial charge in [0.25, 0.3) is 0 Å². The van der Waals surface area contributed by atoms with Gasteiger partial charge in [-0.05, 0) is 30.9 Å². The number of piperazine rings is 1. The third-order valence-corrected chi connectivity index (χ3v) is 4.21. The minimum atomic E-state index is -0.535. The van der Waals surface area contributed by atoms with Crippen molar-refractivity contribution < 1.29 is 8.78 Å². The molecule has 0 saturated carbocycles. The minimum absolute atomic E-state index is 0.108. The van der Waals surface area contributed by atoms with Crippen LogP contribution < -0.4 is 5.32 Å². The number of nitrogens with one attached hydrogen (secondary N) is 1. The van der Waals surface area contributed by atoms with Gasteiger partial charge >= 0.3 is 0 Å². The highest BCUT2D eigenvalue weighted by atomic mass is 35.5. The summed E-state index contributed by atoms with van der Waals surface area (Å²) < 4.78 is 28.5. The monoisotopic (exact) mass is 316 g/mol. The van der Waals surface area contributed by atoms with E-state index >= 15 is 0 Å². The molecular formula is C16H23ClF2N2. The molecule has 0 radical (unpaired) electrons. The Balaban J connectivity index is 2.29. The average molecular weight is 317 g/mol. The Kier molecular flexibility index (Phi) is 5.97. The van der Waals surface area contributed by atoms with Gasteiger partial charge in [-0.25, -0.2) is 8.78 Å². The maximum Gasteiger partial charge on any atom is 0.132 e. The van der Waals surface area contributed by atoms with Crippen molar-refractivity contribution in [3.8, 4) is 0 Å². The van der Waals surface area contributed by atoms with Crippen LogP contribution in [0.3, 0.4) is 0 Å². The van der Waals surface area contributed by atoms with Gasteiger partial charge in [-0.2, -0.15) is 0 Å². The highest BCUT2D eigenvalue weighted by Crippen LogP contribution is 2.33. The van der Waals surface area contributed by atoms with E-state index < -0.39 is 11.6 Å². The van der Waals surface area contributed by atoms with Gasteiger partial charge < -0.3 is 5.32 Å². The van der Waals surface area contributed by atoms with Crippen molar-refractivity contribution >= 4 is 11.6 Å². The minimum Gasteiger partial charge on any atom is -0.314 e. The fraction of sp³-hybridized carbons (Fsp3) is 0.625. The Bertz CT molecular complexity index is 450. The first-order valence-electron chi connectivity index (χ1n) is 7.58. The molecule has 1 saturated heterocycles. The number of hydrogen-bond donors (Lipinski definition) is 1. The summed E-state index contributed by atoms with van der Waals surface area (Å²) in [5.41, 5.74) is 0.168. The van der Waals surface area contributed by atoms with E-state index in [-0.39, 0.29) is 16.6 Å². The molecule has 0 unspecified atom stereocenters. The van der Waals surface area contributed by atoms with Crippen LogP contribution in [0.15, 0.2) is 12.1 Å². The second kappa shape index (κ2) is 7.52. The molecule has 1 atom stereocenters. The molecule has 0 bridgehead atoms. The van der Waals surface area contributed by atoms with E-state index in [1.807, 2.05) is 0 Å². The highest BCUT2D eigenvalue weighted by molar-refractivity contribution is 6.30. The number of benzene rings is 1. The standard InChI is InChI=1S/C16H23ClF2N2/c1-11(2)3-4-15(21-7-5-20-6-8-21)16-13(18)9-12(17)10-14(16)19/h9-11,15,20H,3-8H2,1-2H3/t15-/m0/s1. The predicted molar refractivity (Wildman–Crippen MR) is 82.6 cm³/mol. The fourth-order valence-electron chi connectivity index (χ4n) is 2.87. The van der Waals surface area contributed by atoms with E-state index in [1.165, 1.54) is 12.1 Å². The van der Waals surface area contributed by atoms with Crippen LogP contribution in [0.2, 0.25) is 5.02 Å². The number of hydrogen-bond acceptors (Lipinski definition) is 2. The molecule has 1 aliphatic rings. The van der Waals surface area contributed by atoms with E-state index in [0.717, 1.165) is 39.0 Å². The van der Waals surface area contributed by atoms with E-state index in [0.29, 0.717) is 5.92 Å². The zero-order valence-corrected chi connectivity index (χ0v) is 13.4. The van der Waals surface area contributed by atoms with Crippen molar-refractivity contribution in [1.82, 2.24) is 10.2 Å². The Morgan fingerprint density at radius 2 is 1.71 bits per heavy atom. The molecule has 0 aliphatic carbocycles. The second-order valence-corrected chi connectivity index (χ2v) is 6.49. The maximum absolute atomic E-state index is 14.3. The summed E-state index contributed by atoms with van der Waals surface area (Å²) in [5, 5.41) is 3.38. The summed E-state index contributed by atoms with van der Waals surface area (Å²) in [5.74, 6) is -0.562. The van der Waals surface area contributed by atoms with Crippen molar-refractivity contribution in [2.75, 3.05) is 26.2 Å². The fourth-order valence-corrected chi connectivity index (χ4v) is 3.06. The normalized spacial score (nSPS) is 18.2. The number of nitrogens with zero attached hydrogens (tertiary/aromatic N) is 1. The third-order valence-electron chi connectivity index (χ3n) is 3.99. The predicted octanol–water partition coefficient (Wildman–Crippen LogP) is 4.00. The van der Waals surface area contributed by atoms with Crippen molar-refractivity contribution in [3.05, 3.63) is 34.4 Å². The van der Waals surface area contributed by atoms with Crippen LogP contribution >= 0.6 is 11.6 Å². The molecule has 118 valence electrons. The van der Waals surface area contributed by atoms with Crippen LogP contribution in [0.25, 0.3) is 0 Å². The maximum atomic E-state index is 14.3. The molecule has 0 aromatic heterocycles. The first-order chi connectivity index (χ1) is 9.99. The molecule has 2 rings (SSSR count). The van der Waals surface area contributed by atoms with Crippen molar-refractivity contribution in [3.63, 3.8) is 0 Å². The van der Waals surface area contributed by atoms with Gasteiger partial charge in [0.05, 0.1) is 0 Å². The molecule has 1 N–H and O–H groups in total. The lowest BCUT2D eigenvalue weighted by molar-refractivity contribution is 0.153. The van der Waals surface area contributed by atoms with Gasteiger partial charge in [0.15, 0.2) is 0 Å². The largest absolute Gasteiger partial charge is 0.314 e. The second-order valence-electron chi connectivity index (χ2n) is 6.06. The lowest BCUT2D eigenvalue weighted by Crippen LogP contribution is -2.45. The van der Waals surface area contributed by atoms with Gasteiger partial charge in [-0.3, -0.25) is 4.90 Å². The Hall–Kier alpha value is -0.710. The van der Waals surface area contributed by atoms with Gasteiger partial charge in [-0.1, -0.05) is 25.4 Å². The van der Waals surface area contributed by atoms with Gasteiger partial charge in [-0.15, -0.1) is 0 Å². The van der Waals surface area contributed by atoms with Crippen LogP contribution in [0, 0.1) is 17.6 Å². The number of halogens is 3. The highest BCUT2D eigenvalue weighted by Gasteiger charge is 2.27. The molecule has 1 heterocycles. The third kappa shape index (κ3) is 4.38. The quantitative estimate of drug-likeness (QED) is 0.883. The zero-order valence-electron chi connectivity index (χ0n) is 12.6. The Morgan fingerprint density at radius 3 is 2.24 bits per heavy atom. The Labute approximate surface area is 130 Å². The van der Waals surface area contributed by atoms with Crippen LogP contribution in [0.5, 0.6) is 0 Å². The summed E-state index contributed by atoms with van der Waals surface area (Å²) in [6.07, 6.45) is 1.70. The topological polar surface area (TPSA) is 15.3 Å². The van der Waals surface area contributed by atoms with Crippen LogP contribution in [-0.2, 0) is 0 Å². The van der Waals surface area contributed by atoms with Crippen molar-refractivity contribution in [1.29, 1.82) is 0 Å². The number of rotatable bonds is 5. The van der Waals surface area contributed by atoms with E-state index in [9.17, 15) is 8.78 Å². The van der Waals surface area contributed by atoms with Crippen LogP contribution in [0.4, 0.5) is 8.78 Å². The molecule has 1 aromatic carbocycles. The molecule has 0 spiro atoms. The molecule has 1 aromatic rings. The van der Waals surface area contributed by atoms with Gasteiger partial charge in [0, 0.05) is 42.8 Å². The molecule has 2 nitrogen and oxygen atoms in total. The summed E-state index contributed by atoms with van der Waals surface area (Å²) in [6, 6.07) is 2.21. The van der Waals surface area contributed by atoms with E-state index in [1.54, 1.807) is 0 Å². The summed E-state index contributed by atoms with van der Waals surface area (Å²) in [7, 11) is 0. The van der Waals surface area contributed by atoms with Gasteiger partial charge in [0.1, 0.15) is 11.6 Å². The summed E-state index contributed by atoms with van der Waals surface area (Å²) in [6.45, 7) is 7.59. The summed E-state index contributed by atoms with van der Waals surface area (Å²) >= 11 is 5.74. The van der Waals surface area contributed by atoms with E-state index in [2.05, 4.69) is 24.1 Å². The lowest BCUT2D eigenvalue weighted by Gasteiger charge is -2.36. The smallest absolute Gasteiger partial charge is 0.132 e. The van der Waals surface area contributed by atoms with Gasteiger partial charge in [0.2, 0.25) is 0 Å². The van der Waals surface area contributed by atoms with E-state index in [4.69, 9.17) is 11.6 Å². The summed E-state index contributed by atoms with van der Waals surface area (Å²) in [4.78, 5) is 2.17. The zero-order chi connectivity index (χ0) is 15.4. The molecule has 0 amide bonds. The molecule has 1 aliphatic heterocycles. The lowest BCUT2D eigenvalue weighted by atomic mass is 9.95.